The Morgan fingerprint density at radius 1 is 1.12 bits per heavy atom. The molecular formula is C17H14FN4O2S-. The van der Waals surface area contributed by atoms with Crippen LogP contribution in [0.4, 0.5) is 10.1 Å². The van der Waals surface area contributed by atoms with Gasteiger partial charge in [0, 0.05) is 17.1 Å². The van der Waals surface area contributed by atoms with E-state index in [0.717, 1.165) is 23.1 Å². The molecule has 25 heavy (non-hydrogen) atoms. The Morgan fingerprint density at radius 3 is 2.52 bits per heavy atom. The van der Waals surface area contributed by atoms with Crippen molar-refractivity contribution in [1.29, 1.82) is 0 Å². The van der Waals surface area contributed by atoms with Crippen molar-refractivity contribution in [3.8, 4) is 5.69 Å². The number of benzene rings is 2. The number of carbonyl (C=O) groups excluding carboxylic acids is 1. The van der Waals surface area contributed by atoms with E-state index in [-0.39, 0.29) is 11.6 Å². The van der Waals surface area contributed by atoms with Gasteiger partial charge in [0.25, 0.3) is 0 Å². The van der Waals surface area contributed by atoms with Gasteiger partial charge < -0.3 is 15.2 Å². The molecule has 8 heteroatoms. The van der Waals surface area contributed by atoms with Gasteiger partial charge in [0.05, 0.1) is 12.5 Å². The average Bonchev–Trinajstić information content (AvgIpc) is 3.03. The standard InChI is InChI=1S/C17H15FN4O2S/c18-12-6-8-13(9-7-12)19-10-15-20-21-17(25-11-16(23)24)22(15)14-4-2-1-3-5-14/h1-9,19H,10-11H2,(H,23,24)/p-1. The van der Waals surface area contributed by atoms with Crippen LogP contribution in [0.3, 0.4) is 0 Å². The molecule has 2 aromatic carbocycles. The zero-order chi connectivity index (χ0) is 17.6. The topological polar surface area (TPSA) is 82.9 Å². The summed E-state index contributed by atoms with van der Waals surface area (Å²) in [6, 6.07) is 15.4. The lowest BCUT2D eigenvalue weighted by Crippen LogP contribution is -2.24. The predicted molar refractivity (Wildman–Crippen MR) is 90.8 cm³/mol. The minimum absolute atomic E-state index is 0.212. The Labute approximate surface area is 147 Å². The number of para-hydroxylation sites is 1. The molecule has 3 aromatic rings. The average molecular weight is 357 g/mol. The van der Waals surface area contributed by atoms with Crippen LogP contribution >= 0.6 is 11.8 Å². The molecule has 0 saturated heterocycles. The number of carbonyl (C=O) groups is 1. The number of aromatic nitrogens is 3. The molecule has 0 spiro atoms. The summed E-state index contributed by atoms with van der Waals surface area (Å²) in [5.41, 5.74) is 1.57. The Balaban J connectivity index is 1.85. The highest BCUT2D eigenvalue weighted by molar-refractivity contribution is 7.99. The number of carboxylic acids is 1. The molecular weight excluding hydrogens is 343 g/mol. The van der Waals surface area contributed by atoms with Crippen molar-refractivity contribution < 1.29 is 14.3 Å². The number of hydrogen-bond acceptors (Lipinski definition) is 6. The van der Waals surface area contributed by atoms with Crippen LogP contribution in [0.25, 0.3) is 5.69 Å². The van der Waals surface area contributed by atoms with Crippen molar-refractivity contribution in [2.75, 3.05) is 11.1 Å². The molecule has 6 nitrogen and oxygen atoms in total. The van der Waals surface area contributed by atoms with Crippen molar-refractivity contribution in [2.45, 2.75) is 11.7 Å². The Hall–Kier alpha value is -2.87. The highest BCUT2D eigenvalue weighted by atomic mass is 32.2. The van der Waals surface area contributed by atoms with Crippen molar-refractivity contribution in [1.82, 2.24) is 14.8 Å². The highest BCUT2D eigenvalue weighted by Crippen LogP contribution is 2.22. The molecule has 0 fully saturated rings. The number of nitrogens with zero attached hydrogens (tertiary/aromatic N) is 3. The van der Waals surface area contributed by atoms with Gasteiger partial charge in [0.15, 0.2) is 11.0 Å². The normalized spacial score (nSPS) is 10.6. The second-order valence-electron chi connectivity index (χ2n) is 5.09. The van der Waals surface area contributed by atoms with Crippen LogP contribution in [0.5, 0.6) is 0 Å². The van der Waals surface area contributed by atoms with E-state index in [4.69, 9.17) is 0 Å². The molecule has 0 unspecified atom stereocenters. The number of halogens is 1. The summed E-state index contributed by atoms with van der Waals surface area (Å²) in [6.07, 6.45) is 0. The van der Waals surface area contributed by atoms with E-state index < -0.39 is 5.97 Å². The molecule has 0 aliphatic heterocycles. The fraction of sp³-hybridized carbons (Fsp3) is 0.118. The zero-order valence-electron chi connectivity index (χ0n) is 13.1. The first-order valence-corrected chi connectivity index (χ1v) is 8.44. The predicted octanol–water partition coefficient (Wildman–Crippen LogP) is 1.86. The van der Waals surface area contributed by atoms with Crippen LogP contribution in [0.2, 0.25) is 0 Å². The fourth-order valence-corrected chi connectivity index (χ4v) is 2.90. The number of carboxylic acid groups (broad SMARTS) is 1. The van der Waals surface area contributed by atoms with Crippen LogP contribution in [0.15, 0.2) is 59.8 Å². The van der Waals surface area contributed by atoms with Crippen LogP contribution in [0, 0.1) is 5.82 Å². The van der Waals surface area contributed by atoms with Crippen LogP contribution < -0.4 is 10.4 Å². The quantitative estimate of drug-likeness (QED) is 0.650. The van der Waals surface area contributed by atoms with E-state index in [1.54, 1.807) is 16.7 Å². The van der Waals surface area contributed by atoms with Gasteiger partial charge in [-0.15, -0.1) is 10.2 Å². The minimum Gasteiger partial charge on any atom is -0.549 e. The third-order valence-electron chi connectivity index (χ3n) is 3.33. The third-order valence-corrected chi connectivity index (χ3v) is 4.23. The van der Waals surface area contributed by atoms with Crippen LogP contribution in [-0.2, 0) is 11.3 Å². The number of thioether (sulfide) groups is 1. The molecule has 0 saturated carbocycles. The number of anilines is 1. The van der Waals surface area contributed by atoms with E-state index in [0.29, 0.717) is 17.5 Å². The van der Waals surface area contributed by atoms with Gasteiger partial charge in [0.1, 0.15) is 5.82 Å². The zero-order valence-corrected chi connectivity index (χ0v) is 13.9. The summed E-state index contributed by atoms with van der Waals surface area (Å²) in [5, 5.41) is 22.6. The lowest BCUT2D eigenvalue weighted by atomic mass is 10.3. The maximum absolute atomic E-state index is 13.0. The molecule has 1 N–H and O–H groups in total. The summed E-state index contributed by atoms with van der Waals surface area (Å²) in [7, 11) is 0. The Morgan fingerprint density at radius 2 is 1.84 bits per heavy atom. The van der Waals surface area contributed by atoms with Gasteiger partial charge in [-0.25, -0.2) is 4.39 Å². The second kappa shape index (κ2) is 7.80. The molecule has 0 amide bonds. The number of rotatable bonds is 7. The molecule has 128 valence electrons. The smallest absolute Gasteiger partial charge is 0.196 e. The molecule has 0 aliphatic rings. The molecule has 1 aromatic heterocycles. The fourth-order valence-electron chi connectivity index (χ4n) is 2.22. The minimum atomic E-state index is -1.17. The maximum Gasteiger partial charge on any atom is 0.196 e. The van der Waals surface area contributed by atoms with Crippen LogP contribution in [0.1, 0.15) is 5.82 Å². The number of nitrogens with one attached hydrogen (secondary N) is 1. The van der Waals surface area contributed by atoms with Gasteiger partial charge in [0.2, 0.25) is 0 Å². The first-order chi connectivity index (χ1) is 12.1. The first-order valence-electron chi connectivity index (χ1n) is 7.45. The van der Waals surface area contributed by atoms with E-state index in [9.17, 15) is 14.3 Å². The SMILES string of the molecule is O=C([O-])CSc1nnc(CNc2ccc(F)cc2)n1-c1ccccc1. The lowest BCUT2D eigenvalue weighted by Gasteiger charge is -2.11. The highest BCUT2D eigenvalue weighted by Gasteiger charge is 2.14. The summed E-state index contributed by atoms with van der Waals surface area (Å²) >= 11 is 1.04. The number of hydrogen-bond donors (Lipinski definition) is 1. The maximum atomic E-state index is 13.0. The molecule has 0 bridgehead atoms. The Kier molecular flexibility index (Phi) is 5.30. The monoisotopic (exact) mass is 357 g/mol. The number of aliphatic carboxylic acids is 1. The van der Waals surface area contributed by atoms with Gasteiger partial charge in [-0.05, 0) is 36.4 Å². The molecule has 0 aliphatic carbocycles. The third kappa shape index (κ3) is 4.36. The van der Waals surface area contributed by atoms with Gasteiger partial charge in [-0.3, -0.25) is 4.57 Å². The van der Waals surface area contributed by atoms with Gasteiger partial charge >= 0.3 is 0 Å². The second-order valence-corrected chi connectivity index (χ2v) is 6.03. The van der Waals surface area contributed by atoms with Crippen molar-refractivity contribution in [3.63, 3.8) is 0 Å². The first kappa shape index (κ1) is 17.0. The van der Waals surface area contributed by atoms with Crippen molar-refractivity contribution in [3.05, 3.63) is 66.2 Å². The Bertz CT molecular complexity index is 853. The summed E-state index contributed by atoms with van der Waals surface area (Å²) < 4.78 is 14.8. The molecule has 0 radical (unpaired) electrons. The summed E-state index contributed by atoms with van der Waals surface area (Å²) in [5.74, 6) is -1.08. The summed E-state index contributed by atoms with van der Waals surface area (Å²) in [4.78, 5) is 10.7. The summed E-state index contributed by atoms with van der Waals surface area (Å²) in [6.45, 7) is 0.347. The van der Waals surface area contributed by atoms with E-state index in [1.165, 1.54) is 12.1 Å². The van der Waals surface area contributed by atoms with Gasteiger partial charge in [-0.1, -0.05) is 30.0 Å². The van der Waals surface area contributed by atoms with E-state index in [2.05, 4.69) is 15.5 Å². The van der Waals surface area contributed by atoms with E-state index in [1.807, 2.05) is 30.3 Å². The lowest BCUT2D eigenvalue weighted by molar-refractivity contribution is -0.301. The van der Waals surface area contributed by atoms with Crippen LogP contribution in [-0.4, -0.2) is 26.5 Å². The van der Waals surface area contributed by atoms with Gasteiger partial charge in [-0.2, -0.15) is 0 Å². The largest absolute Gasteiger partial charge is 0.549 e. The molecule has 3 rings (SSSR count). The molecule has 0 atom stereocenters. The van der Waals surface area contributed by atoms with Crippen molar-refractivity contribution in [2.24, 2.45) is 0 Å². The molecule has 1 heterocycles. The van der Waals surface area contributed by atoms with Crippen molar-refractivity contribution >= 4 is 23.4 Å². The van der Waals surface area contributed by atoms with E-state index >= 15 is 0 Å².